The summed E-state index contributed by atoms with van der Waals surface area (Å²) >= 11 is 0. The molecule has 25 heteroatoms. The van der Waals surface area contributed by atoms with Crippen molar-refractivity contribution < 1.29 is 67.3 Å². The molecular weight excluding hydrogens is 1220 g/mol. The van der Waals surface area contributed by atoms with E-state index in [1.807, 2.05) is 53.7 Å². The number of carbonyl (C=O) groups is 11. The van der Waals surface area contributed by atoms with Crippen LogP contribution in [0.5, 0.6) is 5.75 Å². The lowest BCUT2D eigenvalue weighted by molar-refractivity contribution is -0.157. The lowest BCUT2D eigenvalue weighted by Gasteiger charge is -2.41. The molecule has 2 rings (SSSR count). The molecule has 0 aliphatic carbocycles. The Balaban J connectivity index is 3.03. The van der Waals surface area contributed by atoms with E-state index in [1.54, 1.807) is 93.7 Å². The minimum Gasteiger partial charge on any atom is -0.497 e. The van der Waals surface area contributed by atoms with Crippen LogP contribution in [0.15, 0.2) is 36.4 Å². The number of aliphatic hydroxyl groups excluding tert-OH is 1. The van der Waals surface area contributed by atoms with Crippen molar-refractivity contribution in [3.63, 3.8) is 0 Å². The number of nitrogens with zero attached hydrogens (tertiary/aromatic N) is 7. The zero-order chi connectivity index (χ0) is 73.0. The van der Waals surface area contributed by atoms with Crippen molar-refractivity contribution in [2.75, 3.05) is 63.0 Å². The number of methoxy groups -OCH3 is 1. The standard InChI is InChI=1S/C70H119N11O14/c1-26-28-29-45(13)59(83)58-63(87)73-50(27-2)65(89)75(18)38-55(82)76(19)54(37-70(16,17)95-39-48-30-32-49(94-25)33-31-48)62(86)74-56(43(9)10)68(92)77(20)51(34-40(3)4)61(85)71-46(14)60(84)72-47(15)64(88)78(21)52(35-41(5)6)66(90)79(22)53(36-42(7)8)67(91)80(23)57(44(11)12)69(93)81(58)24/h26,28,30-33,40-47,50-54,56-59,83H,27,29,34-39H2,1-25H3,(H,71,85)(H,72,84)(H,73,87)(H,74,86)/b28-26+/t45-,46+,47-,50+,51+,52+,53+,54+,56+,57+,58+,59-/m1/s1. The Morgan fingerprint density at radius 2 is 1.02 bits per heavy atom. The predicted octanol–water partition coefficient (Wildman–Crippen LogP) is 4.62. The SMILES string of the molecule is C/C=C/C[C@@H](C)[C@@H](O)[C@H]1C(=O)N[C@@H](CC)C(=O)N(C)CC(=O)N(C)[C@@H](CC(C)(C)OCc2ccc(OC)cc2)C(=O)N[C@@H](C(C)C)C(=O)N(C)[C@@H](CC(C)C)C(=O)N[C@@H](C)C(=O)N[C@H](C)C(=O)N(C)[C@@H](CC(C)C)C(=O)N(C)[C@@H](CC(C)C)C(=O)N(C)[C@@H](C(C)C)C(=O)N1C. The van der Waals surface area contributed by atoms with Crippen molar-refractivity contribution in [1.82, 2.24) is 55.6 Å². The highest BCUT2D eigenvalue weighted by molar-refractivity contribution is 5.99. The molecule has 95 heavy (non-hydrogen) atoms. The third kappa shape index (κ3) is 23.9. The summed E-state index contributed by atoms with van der Waals surface area (Å²) in [5.74, 6) is -9.50. The molecular formula is C70H119N11O14. The van der Waals surface area contributed by atoms with Crippen LogP contribution in [0.4, 0.5) is 0 Å². The lowest BCUT2D eigenvalue weighted by Crippen LogP contribution is -2.63. The van der Waals surface area contributed by atoms with Crippen LogP contribution in [-0.4, -0.2) is 239 Å². The second-order valence-corrected chi connectivity index (χ2v) is 28.6. The predicted molar refractivity (Wildman–Crippen MR) is 365 cm³/mol. The van der Waals surface area contributed by atoms with Gasteiger partial charge >= 0.3 is 0 Å². The van der Waals surface area contributed by atoms with E-state index in [0.29, 0.717) is 12.2 Å². The number of carbonyl (C=O) groups excluding carboxylic acids is 11. The normalized spacial score (nSPS) is 25.4. The smallest absolute Gasteiger partial charge is 0.246 e. The molecule has 0 bridgehead atoms. The van der Waals surface area contributed by atoms with Crippen LogP contribution in [0.25, 0.3) is 0 Å². The first-order valence-corrected chi connectivity index (χ1v) is 33.6. The molecule has 25 nitrogen and oxygen atoms in total. The van der Waals surface area contributed by atoms with E-state index in [9.17, 15) is 38.7 Å². The average molecular weight is 1340 g/mol. The third-order valence-electron chi connectivity index (χ3n) is 17.9. The third-order valence-corrected chi connectivity index (χ3v) is 17.9. The van der Waals surface area contributed by atoms with Crippen molar-refractivity contribution in [3.05, 3.63) is 42.0 Å². The number of hydrogen-bond donors (Lipinski definition) is 5. The molecule has 0 unspecified atom stereocenters. The molecule has 12 atom stereocenters. The van der Waals surface area contributed by atoms with Crippen LogP contribution in [0, 0.1) is 35.5 Å². The van der Waals surface area contributed by atoms with E-state index in [-0.39, 0.29) is 56.5 Å². The highest BCUT2D eigenvalue weighted by Crippen LogP contribution is 2.27. The fraction of sp³-hybridized carbons (Fsp3) is 0.729. The molecule has 1 saturated heterocycles. The number of benzene rings is 1. The number of likely N-dealkylation sites (N-methyl/N-ethyl adjacent to an activating group) is 7. The number of aliphatic hydroxyl groups is 1. The molecule has 11 amide bonds. The number of hydrogen-bond acceptors (Lipinski definition) is 14. The first-order chi connectivity index (χ1) is 44.0. The van der Waals surface area contributed by atoms with Gasteiger partial charge in [-0.1, -0.05) is 107 Å². The zero-order valence-electron chi connectivity index (χ0n) is 61.8. The molecule has 0 aromatic heterocycles. The maximum absolute atomic E-state index is 15.3. The van der Waals surface area contributed by atoms with Crippen LogP contribution in [0.1, 0.15) is 162 Å². The summed E-state index contributed by atoms with van der Waals surface area (Å²) in [4.78, 5) is 171. The Morgan fingerprint density at radius 3 is 1.51 bits per heavy atom. The molecule has 1 aromatic rings. The van der Waals surface area contributed by atoms with E-state index in [1.165, 1.54) is 82.8 Å². The largest absolute Gasteiger partial charge is 0.497 e. The Bertz CT molecular complexity index is 2790. The summed E-state index contributed by atoms with van der Waals surface area (Å²) in [6.45, 7) is 29.0. The van der Waals surface area contributed by atoms with E-state index in [4.69, 9.17) is 9.47 Å². The molecule has 5 N–H and O–H groups in total. The van der Waals surface area contributed by atoms with Gasteiger partial charge in [0.25, 0.3) is 0 Å². The van der Waals surface area contributed by atoms with Gasteiger partial charge in [0.05, 0.1) is 32.0 Å². The van der Waals surface area contributed by atoms with Crippen molar-refractivity contribution in [3.8, 4) is 5.75 Å². The fourth-order valence-corrected chi connectivity index (χ4v) is 11.7. The van der Waals surface area contributed by atoms with Crippen LogP contribution in [0.2, 0.25) is 0 Å². The van der Waals surface area contributed by atoms with Gasteiger partial charge in [-0.2, -0.15) is 0 Å². The van der Waals surface area contributed by atoms with Crippen molar-refractivity contribution >= 4 is 65.0 Å². The Hall–Kier alpha value is -7.15. The molecule has 1 aliphatic rings. The highest BCUT2D eigenvalue weighted by atomic mass is 16.5. The first kappa shape index (κ1) is 83.9. The van der Waals surface area contributed by atoms with Gasteiger partial charge in [-0.05, 0) is 120 Å². The number of rotatable bonds is 19. The summed E-state index contributed by atoms with van der Waals surface area (Å²) in [5.41, 5.74) is -0.349. The van der Waals surface area contributed by atoms with Gasteiger partial charge in [-0.3, -0.25) is 52.7 Å². The van der Waals surface area contributed by atoms with Crippen molar-refractivity contribution in [2.45, 2.75) is 235 Å². The minimum atomic E-state index is -1.64. The van der Waals surface area contributed by atoms with Crippen molar-refractivity contribution in [1.29, 1.82) is 0 Å². The molecule has 1 heterocycles. The summed E-state index contributed by atoms with van der Waals surface area (Å²) in [5, 5.41) is 23.3. The number of allylic oxidation sites excluding steroid dienone is 2. The van der Waals surface area contributed by atoms with E-state index < -0.39 is 161 Å². The number of amides is 11. The van der Waals surface area contributed by atoms with Crippen LogP contribution in [0.3, 0.4) is 0 Å². The molecule has 0 spiro atoms. The monoisotopic (exact) mass is 1340 g/mol. The molecule has 0 radical (unpaired) electrons. The number of nitrogens with one attached hydrogen (secondary N) is 4. The van der Waals surface area contributed by atoms with Crippen LogP contribution < -0.4 is 26.0 Å². The summed E-state index contributed by atoms with van der Waals surface area (Å²) in [7, 11) is 11.4. The number of ether oxygens (including phenoxy) is 2. The van der Waals surface area contributed by atoms with Gasteiger partial charge in [-0.25, -0.2) is 0 Å². The first-order valence-electron chi connectivity index (χ1n) is 33.6. The van der Waals surface area contributed by atoms with Gasteiger partial charge in [0.2, 0.25) is 65.0 Å². The second-order valence-electron chi connectivity index (χ2n) is 28.6. The molecule has 0 saturated carbocycles. The summed E-state index contributed by atoms with van der Waals surface area (Å²) < 4.78 is 11.7. The lowest BCUT2D eigenvalue weighted by atomic mass is 9.91. The molecule has 538 valence electrons. The molecule has 1 aliphatic heterocycles. The van der Waals surface area contributed by atoms with Gasteiger partial charge in [-0.15, -0.1) is 0 Å². The molecule has 1 fully saturated rings. The topological polar surface area (TPSA) is 297 Å². The quantitative estimate of drug-likeness (QED) is 0.118. The van der Waals surface area contributed by atoms with Gasteiger partial charge in [0.15, 0.2) is 0 Å². The van der Waals surface area contributed by atoms with Crippen LogP contribution >= 0.6 is 0 Å². The zero-order valence-corrected chi connectivity index (χ0v) is 61.8. The fourth-order valence-electron chi connectivity index (χ4n) is 11.7. The maximum Gasteiger partial charge on any atom is 0.246 e. The minimum absolute atomic E-state index is 0.0125. The van der Waals surface area contributed by atoms with E-state index in [2.05, 4.69) is 21.3 Å². The van der Waals surface area contributed by atoms with Crippen LogP contribution in [-0.2, 0) is 64.1 Å². The van der Waals surface area contributed by atoms with Gasteiger partial charge in [0.1, 0.15) is 66.2 Å². The van der Waals surface area contributed by atoms with Gasteiger partial charge in [0, 0.05) is 55.8 Å². The van der Waals surface area contributed by atoms with Gasteiger partial charge < -0.3 is 70.1 Å². The molecule has 1 aromatic carbocycles. The summed E-state index contributed by atoms with van der Waals surface area (Å²) in [6.07, 6.45) is 2.60. The average Bonchev–Trinajstić information content (AvgIpc) is 0.816. The van der Waals surface area contributed by atoms with Crippen molar-refractivity contribution in [2.24, 2.45) is 35.5 Å². The second kappa shape index (κ2) is 38.0. The Kier molecular flexibility index (Phi) is 33.5. The maximum atomic E-state index is 15.3. The highest BCUT2D eigenvalue weighted by Gasteiger charge is 2.46. The van der Waals surface area contributed by atoms with E-state index in [0.717, 1.165) is 20.3 Å². The van der Waals surface area contributed by atoms with E-state index >= 15 is 19.2 Å². The Morgan fingerprint density at radius 1 is 0.547 bits per heavy atom. The Labute approximate surface area is 566 Å². The summed E-state index contributed by atoms with van der Waals surface area (Å²) in [6, 6.07) is -5.70.